The molecule has 3 heterocycles. The lowest BCUT2D eigenvalue weighted by Gasteiger charge is -2.19. The molecule has 1 N–H and O–H groups in total. The van der Waals surface area contributed by atoms with Crippen LogP contribution < -0.4 is 14.9 Å². The van der Waals surface area contributed by atoms with E-state index in [0.29, 0.717) is 5.56 Å². The van der Waals surface area contributed by atoms with Crippen LogP contribution >= 0.6 is 0 Å². The minimum absolute atomic E-state index is 0.0202. The van der Waals surface area contributed by atoms with Gasteiger partial charge in [-0.15, -0.1) is 0 Å². The van der Waals surface area contributed by atoms with Crippen LogP contribution in [0.4, 0.5) is 14.6 Å². The topological polar surface area (TPSA) is 93.7 Å². The molecule has 2 aromatic heterocycles. The predicted octanol–water partition coefficient (Wildman–Crippen LogP) is 3.23. The summed E-state index contributed by atoms with van der Waals surface area (Å²) in [5.74, 6) is -0.582. The Morgan fingerprint density at radius 1 is 1.31 bits per heavy atom. The van der Waals surface area contributed by atoms with Gasteiger partial charge in [0, 0.05) is 29.3 Å². The van der Waals surface area contributed by atoms with Crippen LogP contribution in [0.2, 0.25) is 0 Å². The summed E-state index contributed by atoms with van der Waals surface area (Å²) in [5, 5.41) is 3.76. The fourth-order valence-electron chi connectivity index (χ4n) is 2.60. The van der Waals surface area contributed by atoms with Gasteiger partial charge in [-0.2, -0.15) is 10.0 Å². The van der Waals surface area contributed by atoms with Crippen molar-refractivity contribution in [1.29, 1.82) is 0 Å². The molecule has 1 aliphatic heterocycles. The number of pyridine rings is 2. The number of alkyl halides is 2. The van der Waals surface area contributed by atoms with E-state index in [-0.39, 0.29) is 35.0 Å². The van der Waals surface area contributed by atoms with E-state index < -0.39 is 25.0 Å². The number of nitrogens with one attached hydrogen (secondary N) is 1. The molecule has 29 heavy (non-hydrogen) atoms. The van der Waals surface area contributed by atoms with Crippen LogP contribution in [0, 0.1) is 5.92 Å². The second-order valence-corrected chi connectivity index (χ2v) is 6.72. The third-order valence-corrected chi connectivity index (χ3v) is 4.19. The van der Waals surface area contributed by atoms with Gasteiger partial charge in [0.05, 0.1) is 6.04 Å². The first-order valence-electron chi connectivity index (χ1n) is 8.96. The number of carbonyl (C=O) groups is 2. The number of anilines is 1. The molecule has 3 rings (SSSR count). The van der Waals surface area contributed by atoms with Gasteiger partial charge in [-0.05, 0) is 25.1 Å². The largest absolute Gasteiger partial charge is 0.472 e. The summed E-state index contributed by atoms with van der Waals surface area (Å²) in [6.07, 6.45) is -1.22. The van der Waals surface area contributed by atoms with Gasteiger partial charge < -0.3 is 14.9 Å². The number of aromatic nitrogens is 2. The number of amides is 2. The van der Waals surface area contributed by atoms with E-state index in [9.17, 15) is 18.4 Å². The molecule has 154 valence electrons. The lowest BCUT2D eigenvalue weighted by atomic mass is 10.1. The Morgan fingerprint density at radius 3 is 2.76 bits per heavy atom. The second kappa shape index (κ2) is 8.38. The number of ether oxygens (including phenoxy) is 1. The molecular weight excluding hydrogens is 386 g/mol. The summed E-state index contributed by atoms with van der Waals surface area (Å²) in [7, 11) is 0. The van der Waals surface area contributed by atoms with Crippen LogP contribution in [0.15, 0.2) is 30.5 Å². The van der Waals surface area contributed by atoms with Crippen molar-refractivity contribution in [2.45, 2.75) is 33.2 Å². The molecule has 0 saturated carbocycles. The van der Waals surface area contributed by atoms with E-state index in [2.05, 4.69) is 15.3 Å². The maximum atomic E-state index is 12.9. The SMILES string of the molecule is CC(C)C(=O)Nc1cc(C(=O)N2Oc3nc(OCC(F)F)ccc3C2C)ccn1. The fraction of sp³-hybridized carbons (Fsp3) is 0.368. The van der Waals surface area contributed by atoms with Crippen molar-refractivity contribution in [1.82, 2.24) is 15.0 Å². The number of nitrogens with zero attached hydrogens (tertiary/aromatic N) is 3. The van der Waals surface area contributed by atoms with E-state index >= 15 is 0 Å². The molecule has 0 radical (unpaired) electrons. The molecule has 1 atom stereocenters. The van der Waals surface area contributed by atoms with Gasteiger partial charge in [-0.25, -0.2) is 13.8 Å². The molecule has 0 bridgehead atoms. The molecule has 0 saturated heterocycles. The van der Waals surface area contributed by atoms with Crippen LogP contribution in [0.3, 0.4) is 0 Å². The Hall–Kier alpha value is -3.30. The fourth-order valence-corrected chi connectivity index (χ4v) is 2.60. The molecular formula is C19H20F2N4O4. The van der Waals surface area contributed by atoms with Crippen molar-refractivity contribution in [3.8, 4) is 11.8 Å². The molecule has 0 aromatic carbocycles. The zero-order valence-electron chi connectivity index (χ0n) is 16.1. The average molecular weight is 406 g/mol. The summed E-state index contributed by atoms with van der Waals surface area (Å²) in [5.41, 5.74) is 0.873. The Bertz CT molecular complexity index is 923. The first-order valence-corrected chi connectivity index (χ1v) is 8.96. The summed E-state index contributed by atoms with van der Waals surface area (Å²) in [4.78, 5) is 38.4. The van der Waals surface area contributed by atoms with Gasteiger partial charge in [-0.3, -0.25) is 9.59 Å². The van der Waals surface area contributed by atoms with Crippen LogP contribution in [-0.4, -0.2) is 39.9 Å². The third kappa shape index (κ3) is 4.58. The highest BCUT2D eigenvalue weighted by molar-refractivity contribution is 5.96. The van der Waals surface area contributed by atoms with E-state index in [1.54, 1.807) is 26.8 Å². The number of hydroxylamine groups is 2. The third-order valence-electron chi connectivity index (χ3n) is 4.19. The van der Waals surface area contributed by atoms with Crippen molar-refractivity contribution in [3.63, 3.8) is 0 Å². The number of halogens is 2. The summed E-state index contributed by atoms with van der Waals surface area (Å²) in [6, 6.07) is 5.54. The maximum Gasteiger partial charge on any atom is 0.287 e. The molecule has 1 unspecified atom stereocenters. The standard InChI is InChI=1S/C19H20F2N4O4/c1-10(2)17(26)23-15-8-12(6-7-22-15)19(27)25-11(3)13-4-5-16(24-18(13)29-25)28-9-14(20)21/h4-8,10-11,14H,9H2,1-3H3,(H,22,23,26). The zero-order chi connectivity index (χ0) is 21.1. The van der Waals surface area contributed by atoms with Crippen LogP contribution in [0.1, 0.15) is 42.7 Å². The maximum absolute atomic E-state index is 12.9. The van der Waals surface area contributed by atoms with Crippen molar-refractivity contribution in [3.05, 3.63) is 41.6 Å². The van der Waals surface area contributed by atoms with E-state index in [0.717, 1.165) is 5.06 Å². The minimum Gasteiger partial charge on any atom is -0.472 e. The molecule has 0 aliphatic carbocycles. The van der Waals surface area contributed by atoms with Crippen LogP contribution in [0.25, 0.3) is 0 Å². The molecule has 10 heteroatoms. The highest BCUT2D eigenvalue weighted by atomic mass is 19.3. The van der Waals surface area contributed by atoms with Crippen LogP contribution in [-0.2, 0) is 4.79 Å². The van der Waals surface area contributed by atoms with Gasteiger partial charge >= 0.3 is 0 Å². The van der Waals surface area contributed by atoms with Gasteiger partial charge in [-0.1, -0.05) is 13.8 Å². The summed E-state index contributed by atoms with van der Waals surface area (Å²) < 4.78 is 29.5. The quantitative estimate of drug-likeness (QED) is 0.792. The molecule has 2 aromatic rings. The number of hydrogen-bond acceptors (Lipinski definition) is 6. The van der Waals surface area contributed by atoms with Gasteiger partial charge in [0.1, 0.15) is 5.82 Å². The monoisotopic (exact) mass is 406 g/mol. The predicted molar refractivity (Wildman–Crippen MR) is 98.7 cm³/mol. The van der Waals surface area contributed by atoms with Crippen molar-refractivity contribution in [2.24, 2.45) is 5.92 Å². The van der Waals surface area contributed by atoms with Crippen LogP contribution in [0.5, 0.6) is 11.8 Å². The Morgan fingerprint density at radius 2 is 2.07 bits per heavy atom. The first-order chi connectivity index (χ1) is 13.8. The Labute approximate surface area is 165 Å². The molecule has 1 aliphatic rings. The van der Waals surface area contributed by atoms with Gasteiger partial charge in [0.15, 0.2) is 6.61 Å². The zero-order valence-corrected chi connectivity index (χ0v) is 16.1. The van der Waals surface area contributed by atoms with Crippen molar-refractivity contribution >= 4 is 17.6 Å². The number of fused-ring (bicyclic) bond motifs is 1. The van der Waals surface area contributed by atoms with Gasteiger partial charge in [0.2, 0.25) is 11.8 Å². The number of carbonyl (C=O) groups excluding carboxylic acids is 2. The Kier molecular flexibility index (Phi) is 5.90. The highest BCUT2D eigenvalue weighted by Gasteiger charge is 2.35. The average Bonchev–Trinajstić information content (AvgIpc) is 3.02. The smallest absolute Gasteiger partial charge is 0.287 e. The van der Waals surface area contributed by atoms with Crippen molar-refractivity contribution < 1.29 is 27.9 Å². The molecule has 2 amide bonds. The summed E-state index contributed by atoms with van der Waals surface area (Å²) >= 11 is 0. The lowest BCUT2D eigenvalue weighted by Crippen LogP contribution is -2.32. The first kappa shape index (κ1) is 20.4. The molecule has 8 nitrogen and oxygen atoms in total. The summed E-state index contributed by atoms with van der Waals surface area (Å²) in [6.45, 7) is 4.45. The second-order valence-electron chi connectivity index (χ2n) is 6.72. The van der Waals surface area contributed by atoms with Gasteiger partial charge in [0.25, 0.3) is 18.2 Å². The number of hydrogen-bond donors (Lipinski definition) is 1. The molecule has 0 spiro atoms. The Balaban J connectivity index is 1.75. The van der Waals surface area contributed by atoms with E-state index in [1.807, 2.05) is 0 Å². The number of rotatable bonds is 6. The van der Waals surface area contributed by atoms with E-state index in [1.165, 1.54) is 24.4 Å². The molecule has 0 fully saturated rings. The van der Waals surface area contributed by atoms with E-state index in [4.69, 9.17) is 9.57 Å². The highest BCUT2D eigenvalue weighted by Crippen LogP contribution is 2.37. The lowest BCUT2D eigenvalue weighted by molar-refractivity contribution is -0.118. The van der Waals surface area contributed by atoms with Crippen molar-refractivity contribution in [2.75, 3.05) is 11.9 Å². The normalized spacial score (nSPS) is 15.3. The minimum atomic E-state index is -2.62.